The van der Waals surface area contributed by atoms with E-state index in [0.717, 1.165) is 24.8 Å². The van der Waals surface area contributed by atoms with Crippen LogP contribution in [0.1, 0.15) is 24.8 Å². The van der Waals surface area contributed by atoms with Gasteiger partial charge in [-0.05, 0) is 24.8 Å². The molecule has 1 aromatic rings. The number of hydrogen-bond donors (Lipinski definition) is 0. The molecule has 2 fully saturated rings. The van der Waals surface area contributed by atoms with Gasteiger partial charge in [-0.2, -0.15) is 0 Å². The minimum atomic E-state index is -0.258. The predicted molar refractivity (Wildman–Crippen MR) is 75.6 cm³/mol. The minimum Gasteiger partial charge on any atom is -0.481 e. The third kappa shape index (κ3) is 2.70. The smallest absolute Gasteiger partial charge is 0.246 e. The maximum Gasteiger partial charge on any atom is 0.246 e. The van der Waals surface area contributed by atoms with Crippen molar-refractivity contribution in [2.75, 3.05) is 20.2 Å². The van der Waals surface area contributed by atoms with Crippen LogP contribution >= 0.6 is 0 Å². The molecule has 0 bridgehead atoms. The van der Waals surface area contributed by atoms with Crippen LogP contribution in [-0.4, -0.2) is 52.8 Å². The van der Waals surface area contributed by atoms with E-state index in [2.05, 4.69) is 4.98 Å². The summed E-state index contributed by atoms with van der Waals surface area (Å²) >= 11 is 0. The van der Waals surface area contributed by atoms with Crippen LogP contribution in [0.2, 0.25) is 0 Å². The van der Waals surface area contributed by atoms with E-state index in [-0.39, 0.29) is 24.4 Å². The van der Waals surface area contributed by atoms with Gasteiger partial charge in [0.1, 0.15) is 12.6 Å². The molecule has 2 aliphatic heterocycles. The predicted octanol–water partition coefficient (Wildman–Crippen LogP) is 0.813. The van der Waals surface area contributed by atoms with Gasteiger partial charge in [-0.25, -0.2) is 4.98 Å². The number of aromatic nitrogens is 1. The second-order valence-electron chi connectivity index (χ2n) is 5.50. The lowest BCUT2D eigenvalue weighted by molar-refractivity contribution is -0.158. The summed E-state index contributed by atoms with van der Waals surface area (Å²) in [4.78, 5) is 32.2. The van der Waals surface area contributed by atoms with E-state index in [0.29, 0.717) is 19.0 Å². The van der Waals surface area contributed by atoms with Crippen molar-refractivity contribution in [2.45, 2.75) is 31.8 Å². The second kappa shape index (κ2) is 5.71. The number of pyridine rings is 1. The first-order valence-electron chi connectivity index (χ1n) is 7.26. The summed E-state index contributed by atoms with van der Waals surface area (Å²) in [6.07, 6.45) is 4.47. The summed E-state index contributed by atoms with van der Waals surface area (Å²) < 4.78 is 5.02. The third-order valence-electron chi connectivity index (χ3n) is 4.13. The zero-order chi connectivity index (χ0) is 14.8. The van der Waals surface area contributed by atoms with E-state index >= 15 is 0 Å². The Bertz CT molecular complexity index is 544. The molecule has 2 saturated heterocycles. The molecule has 0 aliphatic carbocycles. The highest BCUT2D eigenvalue weighted by molar-refractivity contribution is 5.95. The van der Waals surface area contributed by atoms with Gasteiger partial charge in [0.15, 0.2) is 0 Å². The van der Waals surface area contributed by atoms with Crippen molar-refractivity contribution in [1.29, 1.82) is 0 Å². The Morgan fingerprint density at radius 1 is 1.33 bits per heavy atom. The van der Waals surface area contributed by atoms with Crippen LogP contribution in [0.25, 0.3) is 0 Å². The van der Waals surface area contributed by atoms with Gasteiger partial charge in [-0.1, -0.05) is 6.07 Å². The summed E-state index contributed by atoms with van der Waals surface area (Å²) in [5.41, 5.74) is 0.904. The molecule has 1 unspecified atom stereocenters. The molecular formula is C15H19N3O3. The number of carbonyl (C=O) groups excluding carboxylic acids is 2. The molecule has 3 rings (SSSR count). The molecule has 0 N–H and O–H groups in total. The third-order valence-corrected chi connectivity index (χ3v) is 4.13. The summed E-state index contributed by atoms with van der Waals surface area (Å²) in [6, 6.07) is 3.38. The van der Waals surface area contributed by atoms with Gasteiger partial charge in [0.2, 0.25) is 17.7 Å². The lowest BCUT2D eigenvalue weighted by atomic mass is 9.98. The molecular weight excluding hydrogens is 270 g/mol. The van der Waals surface area contributed by atoms with Crippen molar-refractivity contribution in [1.82, 2.24) is 14.8 Å². The summed E-state index contributed by atoms with van der Waals surface area (Å²) in [6.45, 7) is 1.31. The zero-order valence-corrected chi connectivity index (χ0v) is 12.1. The molecule has 21 heavy (non-hydrogen) atoms. The van der Waals surface area contributed by atoms with Crippen molar-refractivity contribution < 1.29 is 14.3 Å². The molecule has 2 aliphatic rings. The monoisotopic (exact) mass is 289 g/mol. The number of amides is 2. The fourth-order valence-electron chi connectivity index (χ4n) is 3.01. The fourth-order valence-corrected chi connectivity index (χ4v) is 3.01. The van der Waals surface area contributed by atoms with E-state index in [1.165, 1.54) is 0 Å². The number of piperazine rings is 1. The van der Waals surface area contributed by atoms with Gasteiger partial charge in [0.05, 0.1) is 7.11 Å². The topological polar surface area (TPSA) is 62.7 Å². The first-order chi connectivity index (χ1) is 10.2. The van der Waals surface area contributed by atoms with Crippen molar-refractivity contribution >= 4 is 11.8 Å². The molecule has 0 radical (unpaired) electrons. The minimum absolute atomic E-state index is 0.0563. The highest BCUT2D eigenvalue weighted by Gasteiger charge is 2.40. The summed E-state index contributed by atoms with van der Waals surface area (Å²) in [5.74, 6) is 0.657. The van der Waals surface area contributed by atoms with E-state index in [1.807, 2.05) is 6.07 Å². The molecule has 0 spiro atoms. The van der Waals surface area contributed by atoms with Crippen LogP contribution in [0.3, 0.4) is 0 Å². The number of hydrogen-bond acceptors (Lipinski definition) is 4. The number of fused-ring (bicyclic) bond motifs is 1. The molecule has 3 heterocycles. The Hall–Kier alpha value is -2.11. The molecule has 112 valence electrons. The van der Waals surface area contributed by atoms with E-state index in [4.69, 9.17) is 4.74 Å². The van der Waals surface area contributed by atoms with Gasteiger partial charge in [0.25, 0.3) is 0 Å². The van der Waals surface area contributed by atoms with E-state index in [9.17, 15) is 9.59 Å². The largest absolute Gasteiger partial charge is 0.481 e. The SMILES string of the molecule is COc1ccc(CN2CC(=O)N3CCCCC3C2=O)cn1. The Labute approximate surface area is 123 Å². The number of carbonyl (C=O) groups is 2. The van der Waals surface area contributed by atoms with Crippen molar-refractivity contribution in [2.24, 2.45) is 0 Å². The molecule has 6 nitrogen and oxygen atoms in total. The maximum absolute atomic E-state index is 12.5. The van der Waals surface area contributed by atoms with Crippen molar-refractivity contribution in [3.8, 4) is 5.88 Å². The van der Waals surface area contributed by atoms with E-state index in [1.54, 1.807) is 29.2 Å². The van der Waals surface area contributed by atoms with Gasteiger partial charge >= 0.3 is 0 Å². The average Bonchev–Trinajstić information content (AvgIpc) is 2.53. The summed E-state index contributed by atoms with van der Waals surface area (Å²) in [7, 11) is 1.56. The van der Waals surface area contributed by atoms with Gasteiger partial charge in [-0.3, -0.25) is 9.59 Å². The number of piperidine rings is 1. The molecule has 1 atom stereocenters. The van der Waals surface area contributed by atoms with Crippen LogP contribution < -0.4 is 4.74 Å². The van der Waals surface area contributed by atoms with Crippen LogP contribution in [0.4, 0.5) is 0 Å². The average molecular weight is 289 g/mol. The first-order valence-corrected chi connectivity index (χ1v) is 7.26. The molecule has 1 aromatic heterocycles. The molecule has 0 saturated carbocycles. The maximum atomic E-state index is 12.5. The normalized spacial score (nSPS) is 22.2. The zero-order valence-electron chi connectivity index (χ0n) is 12.1. The Morgan fingerprint density at radius 2 is 2.19 bits per heavy atom. The van der Waals surface area contributed by atoms with Gasteiger partial charge in [0, 0.05) is 25.4 Å². The van der Waals surface area contributed by atoms with Gasteiger partial charge in [-0.15, -0.1) is 0 Å². The van der Waals surface area contributed by atoms with Gasteiger partial charge < -0.3 is 14.5 Å². The number of nitrogens with zero attached hydrogens (tertiary/aromatic N) is 3. The second-order valence-corrected chi connectivity index (χ2v) is 5.50. The van der Waals surface area contributed by atoms with Crippen LogP contribution in [0, 0.1) is 0 Å². The Kier molecular flexibility index (Phi) is 3.77. The number of rotatable bonds is 3. The van der Waals surface area contributed by atoms with Crippen molar-refractivity contribution in [3.05, 3.63) is 23.9 Å². The summed E-state index contributed by atoms with van der Waals surface area (Å²) in [5, 5.41) is 0. The van der Waals surface area contributed by atoms with Crippen LogP contribution in [0.5, 0.6) is 5.88 Å². The molecule has 6 heteroatoms. The van der Waals surface area contributed by atoms with E-state index < -0.39 is 0 Å². The Morgan fingerprint density at radius 3 is 2.90 bits per heavy atom. The Balaban J connectivity index is 1.72. The number of ether oxygens (including phenoxy) is 1. The van der Waals surface area contributed by atoms with Crippen LogP contribution in [0.15, 0.2) is 18.3 Å². The van der Waals surface area contributed by atoms with Crippen molar-refractivity contribution in [3.63, 3.8) is 0 Å². The fraction of sp³-hybridized carbons (Fsp3) is 0.533. The standard InChI is InChI=1S/C15H19N3O3/c1-21-13-6-5-11(8-16-13)9-17-10-14(19)18-7-3-2-4-12(18)15(17)20/h5-6,8,12H,2-4,7,9-10H2,1H3. The number of methoxy groups -OCH3 is 1. The highest BCUT2D eigenvalue weighted by Crippen LogP contribution is 2.24. The van der Waals surface area contributed by atoms with Crippen LogP contribution in [-0.2, 0) is 16.1 Å². The molecule has 2 amide bonds. The lowest BCUT2D eigenvalue weighted by Gasteiger charge is -2.42. The molecule has 0 aromatic carbocycles. The highest BCUT2D eigenvalue weighted by atomic mass is 16.5. The first kappa shape index (κ1) is 13.9. The lowest BCUT2D eigenvalue weighted by Crippen LogP contribution is -2.60. The quantitative estimate of drug-likeness (QED) is 0.826.